The van der Waals surface area contributed by atoms with Crippen molar-refractivity contribution in [3.63, 3.8) is 0 Å². The van der Waals surface area contributed by atoms with E-state index in [0.29, 0.717) is 18.7 Å². The van der Waals surface area contributed by atoms with Crippen molar-refractivity contribution in [1.29, 1.82) is 0 Å². The van der Waals surface area contributed by atoms with Gasteiger partial charge in [-0.15, -0.1) is 0 Å². The number of rotatable bonds is 11. The lowest BCUT2D eigenvalue weighted by atomic mass is 10.1. The lowest BCUT2D eigenvalue weighted by Gasteiger charge is -2.22. The zero-order chi connectivity index (χ0) is 22.1. The molecule has 0 atom stereocenters. The molecule has 164 valence electrons. The van der Waals surface area contributed by atoms with E-state index in [1.165, 1.54) is 10.6 Å². The molecule has 30 heavy (non-hydrogen) atoms. The third-order valence-electron chi connectivity index (χ3n) is 4.58. The van der Waals surface area contributed by atoms with Gasteiger partial charge in [0.2, 0.25) is 15.9 Å². The minimum absolute atomic E-state index is 0.104. The summed E-state index contributed by atoms with van der Waals surface area (Å²) in [7, 11) is -3.41. The van der Waals surface area contributed by atoms with E-state index in [2.05, 4.69) is 12.2 Å². The van der Waals surface area contributed by atoms with Crippen molar-refractivity contribution in [3.05, 3.63) is 59.7 Å². The van der Waals surface area contributed by atoms with Crippen molar-refractivity contribution in [2.24, 2.45) is 0 Å². The second-order valence-electron chi connectivity index (χ2n) is 7.55. The monoisotopic (exact) mass is 432 g/mol. The van der Waals surface area contributed by atoms with Gasteiger partial charge in [-0.25, -0.2) is 8.42 Å². The molecule has 1 amide bonds. The molecule has 0 heterocycles. The average molecular weight is 433 g/mol. The van der Waals surface area contributed by atoms with Crippen LogP contribution < -0.4 is 14.4 Å². The van der Waals surface area contributed by atoms with E-state index < -0.39 is 10.0 Å². The van der Waals surface area contributed by atoms with Gasteiger partial charge in [0.05, 0.1) is 18.0 Å². The first-order chi connectivity index (χ1) is 14.2. The Morgan fingerprint density at radius 2 is 1.63 bits per heavy atom. The highest BCUT2D eigenvalue weighted by Crippen LogP contribution is 2.19. The van der Waals surface area contributed by atoms with Gasteiger partial charge in [0.1, 0.15) is 5.75 Å². The van der Waals surface area contributed by atoms with Gasteiger partial charge in [-0.05, 0) is 62.1 Å². The van der Waals surface area contributed by atoms with Gasteiger partial charge in [-0.3, -0.25) is 9.10 Å². The summed E-state index contributed by atoms with van der Waals surface area (Å²) in [5.41, 5.74) is 2.75. The molecule has 2 aromatic rings. The van der Waals surface area contributed by atoms with Crippen LogP contribution in [-0.2, 0) is 27.8 Å². The SMILES string of the molecule is CCc1ccc(N(CCCC(=O)NCc2ccc(OC(C)C)cc2)S(C)(=O)=O)cc1. The second-order valence-corrected chi connectivity index (χ2v) is 9.45. The fourth-order valence-electron chi connectivity index (χ4n) is 3.01. The molecule has 0 saturated heterocycles. The fourth-order valence-corrected chi connectivity index (χ4v) is 3.98. The maximum atomic E-state index is 12.2. The molecule has 1 N–H and O–H groups in total. The molecule has 0 saturated carbocycles. The van der Waals surface area contributed by atoms with Crippen LogP contribution in [0.25, 0.3) is 0 Å². The Labute approximate surface area is 180 Å². The van der Waals surface area contributed by atoms with Crippen LogP contribution in [0.4, 0.5) is 5.69 Å². The van der Waals surface area contributed by atoms with Crippen LogP contribution in [0, 0.1) is 0 Å². The highest BCUT2D eigenvalue weighted by Gasteiger charge is 2.17. The maximum Gasteiger partial charge on any atom is 0.232 e. The fraction of sp³-hybridized carbons (Fsp3) is 0.435. The molecule has 0 fully saturated rings. The summed E-state index contributed by atoms with van der Waals surface area (Å²) >= 11 is 0. The molecular weight excluding hydrogens is 400 g/mol. The predicted molar refractivity (Wildman–Crippen MR) is 121 cm³/mol. The number of amides is 1. The zero-order valence-corrected chi connectivity index (χ0v) is 19.0. The van der Waals surface area contributed by atoms with Crippen molar-refractivity contribution in [2.75, 3.05) is 17.1 Å². The number of nitrogens with zero attached hydrogens (tertiary/aromatic N) is 1. The van der Waals surface area contributed by atoms with E-state index in [-0.39, 0.29) is 25.0 Å². The first-order valence-corrected chi connectivity index (χ1v) is 12.1. The predicted octanol–water partition coefficient (Wildman–Crippen LogP) is 3.90. The van der Waals surface area contributed by atoms with E-state index in [4.69, 9.17) is 4.74 Å². The van der Waals surface area contributed by atoms with Crippen molar-refractivity contribution in [2.45, 2.75) is 52.7 Å². The Bertz CT molecular complexity index is 907. The van der Waals surface area contributed by atoms with Crippen LogP contribution in [0.2, 0.25) is 0 Å². The van der Waals surface area contributed by atoms with Crippen molar-refractivity contribution in [3.8, 4) is 5.75 Å². The van der Waals surface area contributed by atoms with Gasteiger partial charge in [-0.2, -0.15) is 0 Å². The Hall–Kier alpha value is -2.54. The van der Waals surface area contributed by atoms with E-state index in [9.17, 15) is 13.2 Å². The molecule has 0 bridgehead atoms. The summed E-state index contributed by atoms with van der Waals surface area (Å²) in [5.74, 6) is 0.695. The highest BCUT2D eigenvalue weighted by atomic mass is 32.2. The normalized spacial score (nSPS) is 11.4. The molecule has 0 aliphatic heterocycles. The van der Waals surface area contributed by atoms with Crippen LogP contribution >= 0.6 is 0 Å². The third-order valence-corrected chi connectivity index (χ3v) is 5.78. The molecule has 7 heteroatoms. The minimum Gasteiger partial charge on any atom is -0.491 e. The Morgan fingerprint density at radius 3 is 2.17 bits per heavy atom. The number of nitrogens with one attached hydrogen (secondary N) is 1. The number of hydrogen-bond acceptors (Lipinski definition) is 4. The minimum atomic E-state index is -3.41. The van der Waals surface area contributed by atoms with E-state index in [0.717, 1.165) is 23.3 Å². The number of carbonyl (C=O) groups is 1. The number of benzene rings is 2. The van der Waals surface area contributed by atoms with Crippen molar-refractivity contribution < 1.29 is 17.9 Å². The number of anilines is 1. The maximum absolute atomic E-state index is 12.2. The standard InChI is InChI=1S/C23H32N2O4S/c1-5-19-8-12-21(13-9-19)25(30(4,27)28)16-6-7-23(26)24-17-20-10-14-22(15-11-20)29-18(2)3/h8-15,18H,5-7,16-17H2,1-4H3,(H,24,26). The number of ether oxygens (including phenoxy) is 1. The van der Waals surface area contributed by atoms with Gasteiger partial charge >= 0.3 is 0 Å². The zero-order valence-electron chi connectivity index (χ0n) is 18.2. The van der Waals surface area contributed by atoms with Crippen LogP contribution in [-0.4, -0.2) is 33.2 Å². The molecule has 0 aliphatic rings. The largest absolute Gasteiger partial charge is 0.491 e. The van der Waals surface area contributed by atoms with E-state index >= 15 is 0 Å². The average Bonchev–Trinajstić information content (AvgIpc) is 2.69. The summed E-state index contributed by atoms with van der Waals surface area (Å²) in [6.07, 6.45) is 2.90. The van der Waals surface area contributed by atoms with Gasteiger partial charge in [0.25, 0.3) is 0 Å². The Kier molecular flexibility index (Phi) is 8.72. The van der Waals surface area contributed by atoms with Crippen LogP contribution in [0.1, 0.15) is 44.7 Å². The van der Waals surface area contributed by atoms with Crippen molar-refractivity contribution >= 4 is 21.6 Å². The molecule has 6 nitrogen and oxygen atoms in total. The number of hydrogen-bond donors (Lipinski definition) is 1. The number of aryl methyl sites for hydroxylation is 1. The lowest BCUT2D eigenvalue weighted by molar-refractivity contribution is -0.121. The molecule has 0 radical (unpaired) electrons. The van der Waals surface area contributed by atoms with Crippen LogP contribution in [0.5, 0.6) is 5.75 Å². The highest BCUT2D eigenvalue weighted by molar-refractivity contribution is 7.92. The molecule has 0 unspecified atom stereocenters. The smallest absolute Gasteiger partial charge is 0.232 e. The van der Waals surface area contributed by atoms with Crippen LogP contribution in [0.3, 0.4) is 0 Å². The topological polar surface area (TPSA) is 75.7 Å². The first-order valence-electron chi connectivity index (χ1n) is 10.3. The molecular formula is C23H32N2O4S. The summed E-state index contributed by atoms with van der Waals surface area (Å²) in [6, 6.07) is 15.1. The number of sulfonamides is 1. The summed E-state index contributed by atoms with van der Waals surface area (Å²) in [4.78, 5) is 12.2. The first kappa shape index (κ1) is 23.7. The van der Waals surface area contributed by atoms with Crippen molar-refractivity contribution in [1.82, 2.24) is 5.32 Å². The number of carbonyl (C=O) groups excluding carboxylic acids is 1. The van der Waals surface area contributed by atoms with Crippen LogP contribution in [0.15, 0.2) is 48.5 Å². The van der Waals surface area contributed by atoms with Gasteiger partial charge in [0.15, 0.2) is 0 Å². The quantitative estimate of drug-likeness (QED) is 0.584. The Balaban J connectivity index is 1.83. The van der Waals surface area contributed by atoms with E-state index in [1.807, 2.05) is 62.4 Å². The molecule has 0 aliphatic carbocycles. The summed E-state index contributed by atoms with van der Waals surface area (Å²) < 4.78 is 31.3. The van der Waals surface area contributed by atoms with Gasteiger partial charge in [0, 0.05) is 19.5 Å². The summed E-state index contributed by atoms with van der Waals surface area (Å²) in [6.45, 7) is 6.68. The molecule has 0 aromatic heterocycles. The summed E-state index contributed by atoms with van der Waals surface area (Å²) in [5, 5.41) is 2.88. The van der Waals surface area contributed by atoms with Gasteiger partial charge < -0.3 is 10.1 Å². The van der Waals surface area contributed by atoms with Gasteiger partial charge in [-0.1, -0.05) is 31.2 Å². The second kappa shape index (κ2) is 11.0. The molecule has 2 rings (SSSR count). The Morgan fingerprint density at radius 1 is 1.03 bits per heavy atom. The third kappa shape index (κ3) is 7.71. The molecule has 0 spiro atoms. The molecule has 2 aromatic carbocycles. The lowest BCUT2D eigenvalue weighted by Crippen LogP contribution is -2.32. The van der Waals surface area contributed by atoms with E-state index in [1.54, 1.807) is 0 Å².